The van der Waals surface area contributed by atoms with Gasteiger partial charge < -0.3 is 5.32 Å². The van der Waals surface area contributed by atoms with Crippen molar-refractivity contribution in [3.8, 4) is 0 Å². The number of carbonyl (C=O) groups excluding carboxylic acids is 1. The van der Waals surface area contributed by atoms with E-state index in [9.17, 15) is 13.2 Å². The summed E-state index contributed by atoms with van der Waals surface area (Å²) in [6.45, 7) is 1.79. The molecule has 1 amide bonds. The lowest BCUT2D eigenvalue weighted by atomic mass is 10.1. The third-order valence-corrected chi connectivity index (χ3v) is 4.82. The van der Waals surface area contributed by atoms with Crippen molar-refractivity contribution in [3.05, 3.63) is 63.6 Å². The van der Waals surface area contributed by atoms with E-state index in [-0.39, 0.29) is 21.5 Å². The number of primary sulfonamides is 1. The molecule has 0 aromatic heterocycles. The molecule has 1 atom stereocenters. The largest absolute Gasteiger partial charge is 0.346 e. The minimum atomic E-state index is -4.01. The van der Waals surface area contributed by atoms with Gasteiger partial charge in [0.1, 0.15) is 4.90 Å². The van der Waals surface area contributed by atoms with Gasteiger partial charge >= 0.3 is 0 Å². The number of amides is 1. The summed E-state index contributed by atoms with van der Waals surface area (Å²) in [7, 11) is -4.01. The Kier molecular flexibility index (Phi) is 5.31. The highest BCUT2D eigenvalue weighted by Crippen LogP contribution is 2.22. The lowest BCUT2D eigenvalue weighted by molar-refractivity contribution is 0.0939. The Balaban J connectivity index is 2.24. The van der Waals surface area contributed by atoms with Crippen molar-refractivity contribution in [2.75, 3.05) is 0 Å². The fourth-order valence-corrected chi connectivity index (χ4v) is 3.27. The smallest absolute Gasteiger partial charge is 0.251 e. The van der Waals surface area contributed by atoms with E-state index >= 15 is 0 Å². The molecule has 2 aromatic rings. The molecule has 5 nitrogen and oxygen atoms in total. The molecule has 0 radical (unpaired) electrons. The van der Waals surface area contributed by atoms with Gasteiger partial charge in [0.25, 0.3) is 5.91 Å². The highest BCUT2D eigenvalue weighted by atomic mass is 35.5. The predicted molar refractivity (Wildman–Crippen MR) is 90.2 cm³/mol. The first-order valence-electron chi connectivity index (χ1n) is 6.57. The van der Waals surface area contributed by atoms with Crippen LogP contribution in [-0.4, -0.2) is 14.3 Å². The summed E-state index contributed by atoms with van der Waals surface area (Å²) >= 11 is 11.7. The second-order valence-corrected chi connectivity index (χ2v) is 7.31. The van der Waals surface area contributed by atoms with Crippen molar-refractivity contribution in [1.29, 1.82) is 0 Å². The van der Waals surface area contributed by atoms with E-state index in [4.69, 9.17) is 28.3 Å². The van der Waals surface area contributed by atoms with Crippen LogP contribution in [0.2, 0.25) is 10.0 Å². The normalized spacial score (nSPS) is 12.7. The summed E-state index contributed by atoms with van der Waals surface area (Å²) in [6, 6.07) is 10.7. The first-order chi connectivity index (χ1) is 10.7. The molecule has 0 saturated heterocycles. The van der Waals surface area contributed by atoms with Gasteiger partial charge in [-0.1, -0.05) is 35.3 Å². The molecule has 8 heteroatoms. The fourth-order valence-electron chi connectivity index (χ4n) is 2.00. The van der Waals surface area contributed by atoms with Gasteiger partial charge in [0.2, 0.25) is 10.0 Å². The van der Waals surface area contributed by atoms with Crippen molar-refractivity contribution in [3.63, 3.8) is 0 Å². The average molecular weight is 373 g/mol. The summed E-state index contributed by atoms with van der Waals surface area (Å²) in [6.07, 6.45) is 0. The summed E-state index contributed by atoms with van der Waals surface area (Å²) in [4.78, 5) is 12.0. The molecule has 0 aliphatic carbocycles. The number of hydrogen-bond donors (Lipinski definition) is 2. The standard InChI is InChI=1S/C15H14Cl2N2O3S/c1-9(10-3-2-4-12(16)7-10)19-15(20)11-5-6-13(17)14(8-11)23(18,21)22/h2-9H,1H3,(H,19,20)(H2,18,21,22)/t9-/m1/s1. The van der Waals surface area contributed by atoms with Crippen LogP contribution < -0.4 is 10.5 Å². The van der Waals surface area contributed by atoms with E-state index in [1.165, 1.54) is 12.1 Å². The van der Waals surface area contributed by atoms with Crippen molar-refractivity contribution in [2.24, 2.45) is 5.14 Å². The number of hydrogen-bond acceptors (Lipinski definition) is 3. The molecule has 0 fully saturated rings. The van der Waals surface area contributed by atoms with E-state index in [2.05, 4.69) is 5.32 Å². The lowest BCUT2D eigenvalue weighted by Gasteiger charge is -2.15. The Morgan fingerprint density at radius 3 is 2.48 bits per heavy atom. The van der Waals surface area contributed by atoms with Crippen molar-refractivity contribution >= 4 is 39.1 Å². The molecule has 122 valence electrons. The van der Waals surface area contributed by atoms with E-state index in [0.717, 1.165) is 11.6 Å². The summed E-state index contributed by atoms with van der Waals surface area (Å²) in [5.41, 5.74) is 0.971. The zero-order valence-electron chi connectivity index (χ0n) is 12.1. The van der Waals surface area contributed by atoms with Gasteiger partial charge in [-0.25, -0.2) is 13.6 Å². The van der Waals surface area contributed by atoms with Crippen molar-refractivity contribution in [2.45, 2.75) is 17.9 Å². The van der Waals surface area contributed by atoms with Crippen LogP contribution in [0.4, 0.5) is 0 Å². The Morgan fingerprint density at radius 2 is 1.87 bits per heavy atom. The Labute approximate surface area is 144 Å². The zero-order valence-corrected chi connectivity index (χ0v) is 14.4. The molecule has 0 aliphatic rings. The quantitative estimate of drug-likeness (QED) is 0.863. The third-order valence-electron chi connectivity index (χ3n) is 3.20. The minimum Gasteiger partial charge on any atom is -0.346 e. The first-order valence-corrected chi connectivity index (χ1v) is 8.87. The molecule has 0 aliphatic heterocycles. The van der Waals surface area contributed by atoms with Crippen LogP contribution in [0.25, 0.3) is 0 Å². The highest BCUT2D eigenvalue weighted by molar-refractivity contribution is 7.89. The molecule has 23 heavy (non-hydrogen) atoms. The maximum atomic E-state index is 12.3. The lowest BCUT2D eigenvalue weighted by Crippen LogP contribution is -2.27. The molecule has 0 spiro atoms. The van der Waals surface area contributed by atoms with Crippen LogP contribution in [0, 0.1) is 0 Å². The number of benzene rings is 2. The van der Waals surface area contributed by atoms with Crippen LogP contribution in [0.5, 0.6) is 0 Å². The van der Waals surface area contributed by atoms with E-state index in [0.29, 0.717) is 5.02 Å². The van der Waals surface area contributed by atoms with E-state index < -0.39 is 15.9 Å². The molecular formula is C15H14Cl2N2O3S. The van der Waals surface area contributed by atoms with Gasteiger partial charge in [0.15, 0.2) is 0 Å². The zero-order chi connectivity index (χ0) is 17.2. The summed E-state index contributed by atoms with van der Waals surface area (Å²) in [5.74, 6) is -0.445. The molecule has 0 unspecified atom stereocenters. The number of halogens is 2. The van der Waals surface area contributed by atoms with Gasteiger partial charge in [-0.05, 0) is 42.8 Å². The van der Waals surface area contributed by atoms with E-state index in [1.54, 1.807) is 25.1 Å². The fraction of sp³-hybridized carbons (Fsp3) is 0.133. The second kappa shape index (κ2) is 6.88. The first kappa shape index (κ1) is 17.7. The highest BCUT2D eigenvalue weighted by Gasteiger charge is 2.17. The molecule has 0 bridgehead atoms. The van der Waals surface area contributed by atoms with Gasteiger partial charge in [0.05, 0.1) is 11.1 Å². The molecule has 0 heterocycles. The van der Waals surface area contributed by atoms with Gasteiger partial charge in [0, 0.05) is 10.6 Å². The molecule has 0 saturated carbocycles. The number of nitrogens with two attached hydrogens (primary N) is 1. The van der Waals surface area contributed by atoms with Gasteiger partial charge in [-0.2, -0.15) is 0 Å². The SMILES string of the molecule is C[C@@H](NC(=O)c1ccc(Cl)c(S(N)(=O)=O)c1)c1cccc(Cl)c1. The topological polar surface area (TPSA) is 89.3 Å². The monoisotopic (exact) mass is 372 g/mol. The summed E-state index contributed by atoms with van der Waals surface area (Å²) in [5, 5.41) is 8.36. The van der Waals surface area contributed by atoms with Crippen LogP contribution in [0.1, 0.15) is 28.9 Å². The van der Waals surface area contributed by atoms with Crippen LogP contribution in [0.3, 0.4) is 0 Å². The van der Waals surface area contributed by atoms with Crippen LogP contribution >= 0.6 is 23.2 Å². The van der Waals surface area contributed by atoms with Crippen LogP contribution in [-0.2, 0) is 10.0 Å². The third kappa shape index (κ3) is 4.45. The number of sulfonamides is 1. The molecule has 3 N–H and O–H groups in total. The predicted octanol–water partition coefficient (Wildman–Crippen LogP) is 3.13. The Morgan fingerprint density at radius 1 is 1.17 bits per heavy atom. The maximum absolute atomic E-state index is 12.3. The summed E-state index contributed by atoms with van der Waals surface area (Å²) < 4.78 is 22.9. The van der Waals surface area contributed by atoms with Crippen molar-refractivity contribution in [1.82, 2.24) is 5.32 Å². The molecular weight excluding hydrogens is 359 g/mol. The molecule has 2 rings (SSSR count). The Bertz CT molecular complexity index is 854. The number of nitrogens with one attached hydrogen (secondary N) is 1. The van der Waals surface area contributed by atoms with Crippen molar-refractivity contribution < 1.29 is 13.2 Å². The van der Waals surface area contributed by atoms with Gasteiger partial charge in [-0.3, -0.25) is 4.79 Å². The van der Waals surface area contributed by atoms with Gasteiger partial charge in [-0.15, -0.1) is 0 Å². The molecule has 2 aromatic carbocycles. The van der Waals surface area contributed by atoms with E-state index in [1.807, 2.05) is 6.07 Å². The number of carbonyl (C=O) groups is 1. The minimum absolute atomic E-state index is 0.0352. The average Bonchev–Trinajstić information content (AvgIpc) is 2.46. The van der Waals surface area contributed by atoms with Crippen LogP contribution in [0.15, 0.2) is 47.4 Å². The maximum Gasteiger partial charge on any atom is 0.251 e. The Hall–Kier alpha value is -1.60. The second-order valence-electron chi connectivity index (χ2n) is 4.94. The number of rotatable bonds is 4.